The molecule has 3 unspecified atom stereocenters. The van der Waals surface area contributed by atoms with Crippen molar-refractivity contribution in [2.75, 3.05) is 0 Å². The van der Waals surface area contributed by atoms with E-state index >= 15 is 0 Å². The van der Waals surface area contributed by atoms with E-state index in [0.29, 0.717) is 5.92 Å². The van der Waals surface area contributed by atoms with Gasteiger partial charge in [0.05, 0.1) is 5.69 Å². The van der Waals surface area contributed by atoms with Crippen LogP contribution in [0.3, 0.4) is 0 Å². The van der Waals surface area contributed by atoms with Gasteiger partial charge in [0.15, 0.2) is 0 Å². The van der Waals surface area contributed by atoms with Crippen LogP contribution < -0.4 is 0 Å². The van der Waals surface area contributed by atoms with Gasteiger partial charge in [-0.3, -0.25) is 4.98 Å². The second kappa shape index (κ2) is 6.83. The van der Waals surface area contributed by atoms with Crippen LogP contribution in [0.4, 0.5) is 0 Å². The zero-order valence-corrected chi connectivity index (χ0v) is 17.8. The van der Waals surface area contributed by atoms with Crippen LogP contribution in [0.5, 0.6) is 0 Å². The summed E-state index contributed by atoms with van der Waals surface area (Å²) in [6, 6.07) is 9.55. The van der Waals surface area contributed by atoms with E-state index < -0.39 is 0 Å². The highest BCUT2D eigenvalue weighted by Gasteiger charge is 2.42. The molecule has 0 spiro atoms. The first kappa shape index (κ1) is 17.9. The predicted octanol–water partition coefficient (Wildman–Crippen LogP) is 7.66. The maximum Gasteiger partial charge on any atom is 0.0705 e. The van der Waals surface area contributed by atoms with E-state index in [1.165, 1.54) is 79.3 Å². The van der Waals surface area contributed by atoms with Crippen LogP contribution >= 0.6 is 0 Å². The molecule has 0 radical (unpaired) electrons. The average Bonchev–Trinajstić information content (AvgIpc) is 2.89. The molecule has 3 saturated carbocycles. The zero-order chi connectivity index (χ0) is 19.5. The quantitative estimate of drug-likeness (QED) is 0.485. The molecule has 2 aromatic rings. The minimum atomic E-state index is 0.642. The van der Waals surface area contributed by atoms with Crippen LogP contribution in [0.25, 0.3) is 11.3 Å². The van der Waals surface area contributed by atoms with E-state index in [9.17, 15) is 0 Å². The Labute approximate surface area is 175 Å². The fourth-order valence-electron chi connectivity index (χ4n) is 7.35. The van der Waals surface area contributed by atoms with Gasteiger partial charge < -0.3 is 0 Å². The molecular formula is C28H33N. The van der Waals surface area contributed by atoms with E-state index in [2.05, 4.69) is 44.0 Å². The summed E-state index contributed by atoms with van der Waals surface area (Å²) in [7, 11) is 0. The monoisotopic (exact) mass is 383 g/mol. The van der Waals surface area contributed by atoms with E-state index in [0.717, 1.165) is 30.1 Å². The molecule has 0 saturated heterocycles. The van der Waals surface area contributed by atoms with Crippen molar-refractivity contribution in [1.82, 2.24) is 4.98 Å². The number of aryl methyl sites for hydroxylation is 1. The van der Waals surface area contributed by atoms with E-state index in [-0.39, 0.29) is 0 Å². The maximum absolute atomic E-state index is 5.02. The van der Waals surface area contributed by atoms with Gasteiger partial charge in [-0.25, -0.2) is 0 Å². The third-order valence-electron chi connectivity index (χ3n) is 8.62. The lowest BCUT2D eigenvalue weighted by atomic mass is 9.67. The van der Waals surface area contributed by atoms with Crippen molar-refractivity contribution in [3.05, 3.63) is 64.9 Å². The standard InChI is InChI=1S/C28H33N/c1-17-4-3-5-21(8-17)25-14-22(7-6-18(25)2)28-15-26-23-10-19-9-20(11-23)13-24(12-19)27(26)16-29-28/h6-7,14-16,19-21,23-24H,1,3-5,8-13H2,2H3. The van der Waals surface area contributed by atoms with Gasteiger partial charge in [0.1, 0.15) is 0 Å². The van der Waals surface area contributed by atoms with Gasteiger partial charge in [-0.1, -0.05) is 24.3 Å². The third-order valence-corrected chi connectivity index (χ3v) is 8.62. The number of pyridine rings is 1. The molecule has 0 N–H and O–H groups in total. The fourth-order valence-corrected chi connectivity index (χ4v) is 7.35. The largest absolute Gasteiger partial charge is 0.256 e. The van der Waals surface area contributed by atoms with Crippen LogP contribution in [0.15, 0.2) is 42.6 Å². The van der Waals surface area contributed by atoms with Crippen molar-refractivity contribution >= 4 is 0 Å². The molecule has 1 aromatic carbocycles. The summed E-state index contributed by atoms with van der Waals surface area (Å²) in [5, 5.41) is 0. The molecule has 4 bridgehead atoms. The molecule has 1 heterocycles. The topological polar surface area (TPSA) is 12.9 Å². The summed E-state index contributed by atoms with van der Waals surface area (Å²) >= 11 is 0. The van der Waals surface area contributed by atoms with Crippen molar-refractivity contribution in [3.8, 4) is 11.3 Å². The Morgan fingerprint density at radius 2 is 1.62 bits per heavy atom. The molecule has 3 atom stereocenters. The van der Waals surface area contributed by atoms with Crippen molar-refractivity contribution < 1.29 is 0 Å². The van der Waals surface area contributed by atoms with Gasteiger partial charge in [-0.2, -0.15) is 0 Å². The summed E-state index contributed by atoms with van der Waals surface area (Å²) in [5.41, 5.74) is 10.1. The van der Waals surface area contributed by atoms with Crippen molar-refractivity contribution in [1.29, 1.82) is 0 Å². The van der Waals surface area contributed by atoms with E-state index in [1.807, 2.05) is 0 Å². The second-order valence-corrected chi connectivity index (χ2v) is 10.6. The Morgan fingerprint density at radius 1 is 0.862 bits per heavy atom. The van der Waals surface area contributed by atoms with Gasteiger partial charge in [-0.15, -0.1) is 0 Å². The molecule has 29 heavy (non-hydrogen) atoms. The van der Waals surface area contributed by atoms with Gasteiger partial charge in [0.2, 0.25) is 0 Å². The van der Waals surface area contributed by atoms with Gasteiger partial charge in [0, 0.05) is 11.8 Å². The Balaban J connectivity index is 1.38. The first-order chi connectivity index (χ1) is 14.1. The lowest BCUT2D eigenvalue weighted by Gasteiger charge is -2.38. The molecule has 1 nitrogen and oxygen atoms in total. The van der Waals surface area contributed by atoms with Crippen molar-refractivity contribution in [2.45, 2.75) is 82.5 Å². The molecule has 5 aliphatic rings. The highest BCUT2D eigenvalue weighted by Crippen LogP contribution is 2.56. The average molecular weight is 384 g/mol. The Kier molecular flexibility index (Phi) is 4.22. The van der Waals surface area contributed by atoms with Crippen LogP contribution in [-0.2, 0) is 0 Å². The highest BCUT2D eigenvalue weighted by atomic mass is 14.7. The van der Waals surface area contributed by atoms with E-state index in [4.69, 9.17) is 4.98 Å². The maximum atomic E-state index is 5.02. The number of rotatable bonds is 2. The molecule has 7 rings (SSSR count). The molecular weight excluding hydrogens is 350 g/mol. The summed E-state index contributed by atoms with van der Waals surface area (Å²) < 4.78 is 0. The Bertz CT molecular complexity index is 956. The number of nitrogens with zero attached hydrogens (tertiary/aromatic N) is 1. The van der Waals surface area contributed by atoms with Crippen molar-refractivity contribution in [2.24, 2.45) is 11.8 Å². The van der Waals surface area contributed by atoms with E-state index in [1.54, 1.807) is 11.1 Å². The molecule has 0 amide bonds. The Hall–Kier alpha value is -1.89. The molecule has 1 heteroatoms. The smallest absolute Gasteiger partial charge is 0.0705 e. The number of hydrogen-bond acceptors (Lipinski definition) is 1. The second-order valence-electron chi connectivity index (χ2n) is 10.6. The fraction of sp³-hybridized carbons (Fsp3) is 0.536. The SMILES string of the molecule is C=C1CCCC(c2cc(-c3cc4c(cn3)C3CC5CC(C3)CC4C5)ccc2C)C1. The lowest BCUT2D eigenvalue weighted by Crippen LogP contribution is -2.25. The first-order valence-corrected chi connectivity index (χ1v) is 11.9. The summed E-state index contributed by atoms with van der Waals surface area (Å²) in [6.07, 6.45) is 14.4. The highest BCUT2D eigenvalue weighted by molar-refractivity contribution is 5.63. The summed E-state index contributed by atoms with van der Waals surface area (Å²) in [4.78, 5) is 5.02. The Morgan fingerprint density at radius 3 is 2.38 bits per heavy atom. The molecule has 1 aromatic heterocycles. The predicted molar refractivity (Wildman–Crippen MR) is 120 cm³/mol. The van der Waals surface area contributed by atoms with Crippen LogP contribution in [0, 0.1) is 18.8 Å². The molecule has 5 aliphatic carbocycles. The first-order valence-electron chi connectivity index (χ1n) is 11.9. The minimum absolute atomic E-state index is 0.642. The number of benzene rings is 1. The molecule has 0 aliphatic heterocycles. The molecule has 150 valence electrons. The number of allylic oxidation sites excluding steroid dienone is 1. The summed E-state index contributed by atoms with van der Waals surface area (Å²) in [6.45, 7) is 6.56. The van der Waals surface area contributed by atoms with Gasteiger partial charge >= 0.3 is 0 Å². The van der Waals surface area contributed by atoms with Crippen LogP contribution in [-0.4, -0.2) is 4.98 Å². The zero-order valence-electron chi connectivity index (χ0n) is 17.8. The van der Waals surface area contributed by atoms with Crippen LogP contribution in [0.1, 0.15) is 97.8 Å². The van der Waals surface area contributed by atoms with Gasteiger partial charge in [0.25, 0.3) is 0 Å². The minimum Gasteiger partial charge on any atom is -0.256 e. The van der Waals surface area contributed by atoms with Crippen molar-refractivity contribution in [3.63, 3.8) is 0 Å². The summed E-state index contributed by atoms with van der Waals surface area (Å²) in [5.74, 6) is 4.15. The molecule has 3 fully saturated rings. The third kappa shape index (κ3) is 3.09. The van der Waals surface area contributed by atoms with Crippen LogP contribution in [0.2, 0.25) is 0 Å². The lowest BCUT2D eigenvalue weighted by molar-refractivity contribution is 0.166. The normalized spacial score (nSPS) is 32.9. The van der Waals surface area contributed by atoms with Gasteiger partial charge in [-0.05, 0) is 129 Å². The number of hydrogen-bond donors (Lipinski definition) is 0. The number of aromatic nitrogens is 1.